The summed E-state index contributed by atoms with van der Waals surface area (Å²) in [5.74, 6) is 1.18. The van der Waals surface area contributed by atoms with Gasteiger partial charge in [-0.1, -0.05) is 23.7 Å². The molecule has 2 saturated carbocycles. The predicted octanol–water partition coefficient (Wildman–Crippen LogP) is 3.41. The number of sulfonamides is 1. The Labute approximate surface area is 153 Å². The quantitative estimate of drug-likeness (QED) is 0.764. The zero-order chi connectivity index (χ0) is 17.4. The minimum absolute atomic E-state index is 0.0600. The van der Waals surface area contributed by atoms with E-state index >= 15 is 0 Å². The van der Waals surface area contributed by atoms with Crippen LogP contribution in [0.15, 0.2) is 30.3 Å². The lowest BCUT2D eigenvalue weighted by Gasteiger charge is -2.09. The van der Waals surface area contributed by atoms with Crippen LogP contribution < -0.4 is 4.72 Å². The molecule has 7 heteroatoms. The Morgan fingerprint density at radius 1 is 1.16 bits per heavy atom. The van der Waals surface area contributed by atoms with Gasteiger partial charge in [0, 0.05) is 29.1 Å². The first kappa shape index (κ1) is 17.1. The molecule has 4 rings (SSSR count). The lowest BCUT2D eigenvalue weighted by molar-refractivity contribution is 0.547. The molecule has 25 heavy (non-hydrogen) atoms. The van der Waals surface area contributed by atoms with E-state index in [1.165, 1.54) is 37.1 Å². The Kier molecular flexibility index (Phi) is 4.60. The van der Waals surface area contributed by atoms with E-state index in [9.17, 15) is 8.42 Å². The summed E-state index contributed by atoms with van der Waals surface area (Å²) in [6, 6.07) is 9.18. The zero-order valence-corrected chi connectivity index (χ0v) is 15.6. The van der Waals surface area contributed by atoms with E-state index < -0.39 is 10.0 Å². The molecule has 0 aliphatic heterocycles. The van der Waals surface area contributed by atoms with Crippen molar-refractivity contribution in [3.8, 4) is 0 Å². The first-order valence-electron chi connectivity index (χ1n) is 8.79. The Morgan fingerprint density at radius 3 is 2.60 bits per heavy atom. The van der Waals surface area contributed by atoms with Gasteiger partial charge in [0.25, 0.3) is 0 Å². The van der Waals surface area contributed by atoms with E-state index in [0.29, 0.717) is 35.5 Å². The first-order chi connectivity index (χ1) is 12.0. The van der Waals surface area contributed by atoms with Crippen LogP contribution in [0.3, 0.4) is 0 Å². The SMILES string of the molecule is O=S(=O)(Cc1cccc(Cl)c1)NCCn1nc(C2CC2)cc1C1CC1. The Hall–Kier alpha value is -1.37. The fourth-order valence-electron chi connectivity index (χ4n) is 3.12. The number of rotatable bonds is 8. The van der Waals surface area contributed by atoms with Crippen LogP contribution in [0.1, 0.15) is 54.5 Å². The molecule has 1 heterocycles. The number of benzene rings is 1. The van der Waals surface area contributed by atoms with Crippen LogP contribution in [0.5, 0.6) is 0 Å². The van der Waals surface area contributed by atoms with Gasteiger partial charge in [-0.15, -0.1) is 0 Å². The van der Waals surface area contributed by atoms with E-state index in [1.54, 1.807) is 24.3 Å². The summed E-state index contributed by atoms with van der Waals surface area (Å²) < 4.78 is 29.2. The van der Waals surface area contributed by atoms with Gasteiger partial charge in [0.05, 0.1) is 18.0 Å². The molecule has 1 aromatic heterocycles. The molecule has 0 unspecified atom stereocenters. The van der Waals surface area contributed by atoms with Crippen molar-refractivity contribution in [3.63, 3.8) is 0 Å². The van der Waals surface area contributed by atoms with Gasteiger partial charge in [0.2, 0.25) is 10.0 Å². The summed E-state index contributed by atoms with van der Waals surface area (Å²) >= 11 is 5.92. The smallest absolute Gasteiger partial charge is 0.215 e. The third-order valence-electron chi connectivity index (χ3n) is 4.71. The van der Waals surface area contributed by atoms with Crippen molar-refractivity contribution in [2.24, 2.45) is 0 Å². The van der Waals surface area contributed by atoms with Gasteiger partial charge < -0.3 is 0 Å². The van der Waals surface area contributed by atoms with Crippen molar-refractivity contribution in [2.45, 2.75) is 49.8 Å². The summed E-state index contributed by atoms with van der Waals surface area (Å²) in [7, 11) is -3.39. The molecule has 2 aromatic rings. The highest BCUT2D eigenvalue weighted by Gasteiger charge is 2.32. The summed E-state index contributed by atoms with van der Waals surface area (Å²) in [5.41, 5.74) is 3.15. The number of nitrogens with one attached hydrogen (secondary N) is 1. The average molecular weight is 380 g/mol. The van der Waals surface area contributed by atoms with Gasteiger partial charge in [0.15, 0.2) is 0 Å². The van der Waals surface area contributed by atoms with Crippen molar-refractivity contribution in [1.29, 1.82) is 0 Å². The molecule has 1 N–H and O–H groups in total. The second-order valence-corrected chi connectivity index (χ2v) is 9.29. The molecule has 134 valence electrons. The maximum atomic E-state index is 12.3. The number of hydrogen-bond acceptors (Lipinski definition) is 3. The molecule has 0 radical (unpaired) electrons. The Morgan fingerprint density at radius 2 is 1.92 bits per heavy atom. The van der Waals surface area contributed by atoms with Crippen molar-refractivity contribution in [1.82, 2.24) is 14.5 Å². The normalized spacial score (nSPS) is 17.8. The van der Waals surface area contributed by atoms with Crippen LogP contribution in [0.25, 0.3) is 0 Å². The minimum Gasteiger partial charge on any atom is -0.268 e. The van der Waals surface area contributed by atoms with Crippen molar-refractivity contribution in [2.75, 3.05) is 6.54 Å². The fourth-order valence-corrected chi connectivity index (χ4v) is 4.46. The van der Waals surface area contributed by atoms with Crippen molar-refractivity contribution < 1.29 is 8.42 Å². The number of aromatic nitrogens is 2. The molecule has 0 saturated heterocycles. The molecule has 1 aromatic carbocycles. The summed E-state index contributed by atoms with van der Waals surface area (Å²) in [5, 5.41) is 5.26. The highest BCUT2D eigenvalue weighted by molar-refractivity contribution is 7.88. The summed E-state index contributed by atoms with van der Waals surface area (Å²) in [6.45, 7) is 0.932. The molecule has 2 fully saturated rings. The molecule has 2 aliphatic rings. The fraction of sp³-hybridized carbons (Fsp3) is 0.500. The Bertz CT molecular complexity index is 870. The van der Waals surface area contributed by atoms with Crippen LogP contribution in [-0.2, 0) is 22.3 Å². The largest absolute Gasteiger partial charge is 0.268 e. The molecular weight excluding hydrogens is 358 g/mol. The summed E-state index contributed by atoms with van der Waals surface area (Å²) in [6.07, 6.45) is 4.90. The number of hydrogen-bond donors (Lipinski definition) is 1. The van der Waals surface area contributed by atoms with Crippen molar-refractivity contribution in [3.05, 3.63) is 52.3 Å². The van der Waals surface area contributed by atoms with Gasteiger partial charge in [-0.25, -0.2) is 13.1 Å². The lowest BCUT2D eigenvalue weighted by Crippen LogP contribution is -2.29. The first-order valence-corrected chi connectivity index (χ1v) is 10.8. The van der Waals surface area contributed by atoms with E-state index in [-0.39, 0.29) is 5.75 Å². The third kappa shape index (κ3) is 4.43. The van der Waals surface area contributed by atoms with Crippen LogP contribution in [0, 0.1) is 0 Å². The average Bonchev–Trinajstić information content (AvgIpc) is 3.46. The van der Waals surface area contributed by atoms with E-state index in [0.717, 1.165) is 0 Å². The predicted molar refractivity (Wildman–Crippen MR) is 98.3 cm³/mol. The van der Waals surface area contributed by atoms with Crippen LogP contribution in [-0.4, -0.2) is 24.7 Å². The van der Waals surface area contributed by atoms with Crippen LogP contribution >= 0.6 is 11.6 Å². The summed E-state index contributed by atoms with van der Waals surface area (Å²) in [4.78, 5) is 0. The number of halogens is 1. The molecule has 0 spiro atoms. The zero-order valence-electron chi connectivity index (χ0n) is 14.0. The maximum absolute atomic E-state index is 12.3. The monoisotopic (exact) mass is 379 g/mol. The highest BCUT2D eigenvalue weighted by atomic mass is 35.5. The third-order valence-corrected chi connectivity index (χ3v) is 6.30. The Balaban J connectivity index is 1.37. The molecule has 5 nitrogen and oxygen atoms in total. The van der Waals surface area contributed by atoms with Gasteiger partial charge >= 0.3 is 0 Å². The van der Waals surface area contributed by atoms with Crippen LogP contribution in [0.4, 0.5) is 0 Å². The molecule has 0 atom stereocenters. The van der Waals surface area contributed by atoms with Gasteiger partial charge in [-0.05, 0) is 49.4 Å². The van der Waals surface area contributed by atoms with E-state index in [4.69, 9.17) is 16.7 Å². The highest BCUT2D eigenvalue weighted by Crippen LogP contribution is 2.44. The van der Waals surface area contributed by atoms with Crippen molar-refractivity contribution >= 4 is 21.6 Å². The molecule has 0 amide bonds. The molecule has 0 bridgehead atoms. The molecule has 2 aliphatic carbocycles. The molecular formula is C18H22ClN3O2S. The number of nitrogens with zero attached hydrogens (tertiary/aromatic N) is 2. The van der Waals surface area contributed by atoms with Gasteiger partial charge in [-0.3, -0.25) is 4.68 Å². The topological polar surface area (TPSA) is 64.0 Å². The standard InChI is InChI=1S/C18H22ClN3O2S/c19-16-3-1-2-13(10-16)12-25(23,24)20-8-9-22-18(15-6-7-15)11-17(21-22)14-4-5-14/h1-3,10-11,14-15,20H,4-9,12H2. The van der Waals surface area contributed by atoms with Gasteiger partial charge in [0.1, 0.15) is 0 Å². The van der Waals surface area contributed by atoms with Crippen LogP contribution in [0.2, 0.25) is 5.02 Å². The van der Waals surface area contributed by atoms with E-state index in [2.05, 4.69) is 10.8 Å². The van der Waals surface area contributed by atoms with Gasteiger partial charge in [-0.2, -0.15) is 5.10 Å². The lowest BCUT2D eigenvalue weighted by atomic mass is 10.2. The minimum atomic E-state index is -3.39. The van der Waals surface area contributed by atoms with E-state index in [1.807, 2.05) is 4.68 Å². The second kappa shape index (κ2) is 6.74. The maximum Gasteiger partial charge on any atom is 0.215 e. The second-order valence-electron chi connectivity index (χ2n) is 7.05.